The number of thiophene rings is 1. The quantitative estimate of drug-likeness (QED) is 0.339. The molecule has 6 nitrogen and oxygen atoms in total. The molecule has 2 heterocycles. The minimum Gasteiger partial charge on any atom is -0.491 e. The number of benzene rings is 1. The van der Waals surface area contributed by atoms with Crippen LogP contribution in [0.25, 0.3) is 0 Å². The van der Waals surface area contributed by atoms with E-state index in [0.29, 0.717) is 38.8 Å². The van der Waals surface area contributed by atoms with Gasteiger partial charge in [-0.3, -0.25) is 9.69 Å². The van der Waals surface area contributed by atoms with Crippen molar-refractivity contribution in [1.29, 1.82) is 0 Å². The Bertz CT molecular complexity index is 912. The summed E-state index contributed by atoms with van der Waals surface area (Å²) >= 11 is 1.75. The van der Waals surface area contributed by atoms with Crippen LogP contribution in [0, 0.1) is 0 Å². The third kappa shape index (κ3) is 7.15. The maximum absolute atomic E-state index is 13.4. The Balaban J connectivity index is 1.65. The molecule has 1 aromatic carbocycles. The van der Waals surface area contributed by atoms with Crippen molar-refractivity contribution >= 4 is 17.2 Å². The topological polar surface area (TPSA) is 62.2 Å². The Morgan fingerprint density at radius 1 is 1.32 bits per heavy atom. The predicted octanol–water partition coefficient (Wildman–Crippen LogP) is 4.26. The maximum atomic E-state index is 13.4. The number of nitrogens with zero attached hydrogens (tertiary/aromatic N) is 2. The molecule has 1 aliphatic rings. The number of fused-ring (bicyclic) bond motifs is 1. The standard InChI is InChI=1S/C27H38N2O4S/c1-5-14-32-18-22(30)16-28(6-2)17-27(31)29-13-11-26-24(12-15-34-26)25(29)19-33-23-9-7-21(8-10-23)20(3)4/h5,7-10,12,15,20,22,25,30H,1,6,11,13-14,16-19H2,2-4H3/t22-,25+/m1/s1. The fraction of sp³-hybridized carbons (Fsp3) is 0.519. The largest absolute Gasteiger partial charge is 0.491 e. The first kappa shape index (κ1) is 26.4. The molecule has 1 aliphatic heterocycles. The second-order valence-electron chi connectivity index (χ2n) is 8.99. The van der Waals surface area contributed by atoms with Crippen molar-refractivity contribution in [3.8, 4) is 5.75 Å². The normalized spacial score (nSPS) is 16.5. The molecule has 2 atom stereocenters. The van der Waals surface area contributed by atoms with Gasteiger partial charge in [-0.15, -0.1) is 17.9 Å². The third-order valence-electron chi connectivity index (χ3n) is 6.19. The Morgan fingerprint density at radius 3 is 2.76 bits per heavy atom. The van der Waals surface area contributed by atoms with E-state index in [1.54, 1.807) is 17.4 Å². The number of hydrogen-bond acceptors (Lipinski definition) is 6. The smallest absolute Gasteiger partial charge is 0.237 e. The van der Waals surface area contributed by atoms with E-state index in [1.165, 1.54) is 16.0 Å². The van der Waals surface area contributed by atoms with Crippen molar-refractivity contribution in [2.24, 2.45) is 0 Å². The molecule has 0 fully saturated rings. The van der Waals surface area contributed by atoms with E-state index in [-0.39, 0.29) is 25.1 Å². The van der Waals surface area contributed by atoms with Gasteiger partial charge in [0.2, 0.25) is 5.91 Å². The van der Waals surface area contributed by atoms with Crippen LogP contribution in [-0.2, 0) is 16.0 Å². The second kappa shape index (κ2) is 13.0. The number of aliphatic hydroxyl groups excluding tert-OH is 1. The van der Waals surface area contributed by atoms with Gasteiger partial charge < -0.3 is 19.5 Å². The summed E-state index contributed by atoms with van der Waals surface area (Å²) in [7, 11) is 0. The highest BCUT2D eigenvalue weighted by Crippen LogP contribution is 2.34. The van der Waals surface area contributed by atoms with Crippen LogP contribution in [0.5, 0.6) is 5.75 Å². The van der Waals surface area contributed by atoms with Gasteiger partial charge in [0.15, 0.2) is 0 Å². The highest BCUT2D eigenvalue weighted by atomic mass is 32.1. The molecule has 1 N–H and O–H groups in total. The van der Waals surface area contributed by atoms with Gasteiger partial charge in [-0.05, 0) is 53.6 Å². The third-order valence-corrected chi connectivity index (χ3v) is 7.19. The molecule has 0 spiro atoms. The van der Waals surface area contributed by atoms with Gasteiger partial charge in [0.05, 0.1) is 31.9 Å². The Kier molecular flexibility index (Phi) is 10.1. The molecular weight excluding hydrogens is 448 g/mol. The summed E-state index contributed by atoms with van der Waals surface area (Å²) in [5.41, 5.74) is 2.46. The minimum atomic E-state index is -0.648. The molecule has 0 saturated heterocycles. The van der Waals surface area contributed by atoms with Crippen molar-refractivity contribution in [3.63, 3.8) is 0 Å². The molecule has 1 aromatic heterocycles. The van der Waals surface area contributed by atoms with Crippen molar-refractivity contribution in [3.05, 3.63) is 64.4 Å². The molecule has 0 aliphatic carbocycles. The average Bonchev–Trinajstić information content (AvgIpc) is 3.31. The van der Waals surface area contributed by atoms with Gasteiger partial charge in [0.25, 0.3) is 0 Å². The van der Waals surface area contributed by atoms with Crippen molar-refractivity contribution in [2.45, 2.75) is 45.3 Å². The maximum Gasteiger partial charge on any atom is 0.237 e. The van der Waals surface area contributed by atoms with Crippen LogP contribution in [0.4, 0.5) is 0 Å². The molecular formula is C27H38N2O4S. The summed E-state index contributed by atoms with van der Waals surface area (Å²) in [6, 6.07) is 10.2. The number of carbonyl (C=O) groups is 1. The number of aliphatic hydroxyl groups is 1. The molecule has 7 heteroatoms. The van der Waals surface area contributed by atoms with Gasteiger partial charge in [0.1, 0.15) is 12.4 Å². The molecule has 0 radical (unpaired) electrons. The van der Waals surface area contributed by atoms with E-state index in [1.807, 2.05) is 28.9 Å². The first-order valence-corrected chi connectivity index (χ1v) is 13.0. The molecule has 186 valence electrons. The fourth-order valence-electron chi connectivity index (χ4n) is 4.22. The molecule has 2 aromatic rings. The molecule has 0 saturated carbocycles. The van der Waals surface area contributed by atoms with E-state index in [4.69, 9.17) is 9.47 Å². The zero-order valence-corrected chi connectivity index (χ0v) is 21.4. The summed E-state index contributed by atoms with van der Waals surface area (Å²) in [4.78, 5) is 18.6. The highest BCUT2D eigenvalue weighted by molar-refractivity contribution is 7.10. The van der Waals surface area contributed by atoms with E-state index < -0.39 is 6.10 Å². The van der Waals surface area contributed by atoms with E-state index >= 15 is 0 Å². The van der Waals surface area contributed by atoms with Crippen molar-refractivity contribution < 1.29 is 19.4 Å². The fourth-order valence-corrected chi connectivity index (χ4v) is 5.15. The number of amides is 1. The summed E-state index contributed by atoms with van der Waals surface area (Å²) < 4.78 is 11.5. The summed E-state index contributed by atoms with van der Waals surface area (Å²) in [5, 5.41) is 12.4. The van der Waals surface area contributed by atoms with Crippen LogP contribution >= 0.6 is 11.3 Å². The van der Waals surface area contributed by atoms with Gasteiger partial charge in [-0.1, -0.05) is 39.0 Å². The second-order valence-corrected chi connectivity index (χ2v) is 10.00. The average molecular weight is 487 g/mol. The SMILES string of the molecule is C=CCOC[C@H](O)CN(CC)CC(=O)N1CCc2sccc2[C@@H]1COc1ccc(C(C)C)cc1. The zero-order chi connectivity index (χ0) is 24.5. The lowest BCUT2D eigenvalue weighted by Gasteiger charge is -2.37. The summed E-state index contributed by atoms with van der Waals surface area (Å²) in [6.07, 6.45) is 1.87. The Morgan fingerprint density at radius 2 is 2.09 bits per heavy atom. The van der Waals surface area contributed by atoms with E-state index in [9.17, 15) is 9.90 Å². The number of likely N-dealkylation sites (N-methyl/N-ethyl adjacent to an activating group) is 1. The summed E-state index contributed by atoms with van der Waals surface area (Å²) in [6.45, 7) is 13.0. The number of hydrogen-bond donors (Lipinski definition) is 1. The molecule has 0 unspecified atom stereocenters. The first-order chi connectivity index (χ1) is 16.4. The minimum absolute atomic E-state index is 0.0571. The lowest BCUT2D eigenvalue weighted by molar-refractivity contribution is -0.136. The highest BCUT2D eigenvalue weighted by Gasteiger charge is 2.33. The number of rotatable bonds is 13. The van der Waals surface area contributed by atoms with Gasteiger partial charge in [-0.2, -0.15) is 0 Å². The monoisotopic (exact) mass is 486 g/mol. The number of ether oxygens (including phenoxy) is 2. The molecule has 0 bridgehead atoms. The summed E-state index contributed by atoms with van der Waals surface area (Å²) in [5.74, 6) is 1.35. The number of carbonyl (C=O) groups excluding carboxylic acids is 1. The zero-order valence-electron chi connectivity index (χ0n) is 20.6. The first-order valence-electron chi connectivity index (χ1n) is 12.1. The van der Waals surface area contributed by atoms with Crippen LogP contribution < -0.4 is 4.74 Å². The molecule has 1 amide bonds. The van der Waals surface area contributed by atoms with Crippen molar-refractivity contribution in [2.75, 3.05) is 46.0 Å². The van der Waals surface area contributed by atoms with Crippen LogP contribution in [0.15, 0.2) is 48.4 Å². The van der Waals surface area contributed by atoms with E-state index in [0.717, 1.165) is 12.2 Å². The van der Waals surface area contributed by atoms with Crippen LogP contribution in [0.2, 0.25) is 0 Å². The van der Waals surface area contributed by atoms with Crippen LogP contribution in [0.1, 0.15) is 48.7 Å². The Labute approximate surface area is 207 Å². The Hall–Kier alpha value is -2.19. The van der Waals surface area contributed by atoms with Crippen LogP contribution in [-0.4, -0.2) is 72.9 Å². The lowest BCUT2D eigenvalue weighted by Crippen LogP contribution is -2.48. The van der Waals surface area contributed by atoms with Crippen molar-refractivity contribution in [1.82, 2.24) is 9.80 Å². The molecule has 3 rings (SSSR count). The van der Waals surface area contributed by atoms with Crippen LogP contribution in [0.3, 0.4) is 0 Å². The lowest BCUT2D eigenvalue weighted by atomic mass is 10.00. The molecule has 34 heavy (non-hydrogen) atoms. The van der Waals surface area contributed by atoms with Gasteiger partial charge in [-0.25, -0.2) is 0 Å². The predicted molar refractivity (Wildman–Crippen MR) is 138 cm³/mol. The van der Waals surface area contributed by atoms with Gasteiger partial charge >= 0.3 is 0 Å². The van der Waals surface area contributed by atoms with E-state index in [2.05, 4.69) is 44.0 Å². The van der Waals surface area contributed by atoms with Gasteiger partial charge in [0, 0.05) is 18.0 Å².